The molecule has 0 aliphatic carbocycles. The summed E-state index contributed by atoms with van der Waals surface area (Å²) in [6.45, 7) is 8.44. The second-order valence-corrected chi connectivity index (χ2v) is 6.13. The summed E-state index contributed by atoms with van der Waals surface area (Å²) in [6.07, 6.45) is 3.76. The maximum Gasteiger partial charge on any atom is 0.407 e. The van der Waals surface area contributed by atoms with Crippen molar-refractivity contribution < 1.29 is 14.1 Å². The van der Waals surface area contributed by atoms with Gasteiger partial charge in [0.05, 0.1) is 18.6 Å². The minimum atomic E-state index is -0.490. The average molecular weight is 306 g/mol. The van der Waals surface area contributed by atoms with E-state index in [4.69, 9.17) is 9.26 Å². The maximum atomic E-state index is 11.6. The van der Waals surface area contributed by atoms with Crippen LogP contribution in [0.25, 0.3) is 0 Å². The number of rotatable bonds is 5. The lowest BCUT2D eigenvalue weighted by Crippen LogP contribution is -2.33. The van der Waals surface area contributed by atoms with E-state index in [1.54, 1.807) is 12.5 Å². The van der Waals surface area contributed by atoms with Gasteiger partial charge in [-0.15, -0.1) is 0 Å². The van der Waals surface area contributed by atoms with Gasteiger partial charge in [0.15, 0.2) is 5.76 Å². The topological polar surface area (TPSA) is 82.2 Å². The third-order valence-electron chi connectivity index (χ3n) is 2.85. The molecular weight excluding hydrogens is 284 g/mol. The van der Waals surface area contributed by atoms with E-state index in [2.05, 4.69) is 15.5 Å². The Morgan fingerprint density at radius 3 is 2.86 bits per heavy atom. The second-order valence-electron chi connectivity index (χ2n) is 6.13. The van der Waals surface area contributed by atoms with Crippen LogP contribution in [0.4, 0.5) is 4.79 Å². The maximum absolute atomic E-state index is 11.6. The van der Waals surface area contributed by atoms with Crippen LogP contribution in [0.2, 0.25) is 0 Å². The van der Waals surface area contributed by atoms with Crippen molar-refractivity contribution >= 4 is 6.09 Å². The summed E-state index contributed by atoms with van der Waals surface area (Å²) < 4.78 is 12.4. The Kier molecular flexibility index (Phi) is 4.85. The number of aryl methyl sites for hydroxylation is 1. The van der Waals surface area contributed by atoms with Crippen LogP contribution in [0.5, 0.6) is 0 Å². The molecule has 0 saturated carbocycles. The molecule has 0 spiro atoms. The van der Waals surface area contributed by atoms with E-state index >= 15 is 0 Å². The van der Waals surface area contributed by atoms with Gasteiger partial charge in [0.25, 0.3) is 0 Å². The number of amides is 1. The van der Waals surface area contributed by atoms with E-state index < -0.39 is 11.7 Å². The Morgan fingerprint density at radius 1 is 1.45 bits per heavy atom. The molecule has 0 unspecified atom stereocenters. The van der Waals surface area contributed by atoms with Gasteiger partial charge < -0.3 is 19.1 Å². The van der Waals surface area contributed by atoms with Crippen LogP contribution in [0.1, 0.15) is 37.9 Å². The summed E-state index contributed by atoms with van der Waals surface area (Å²) in [5.74, 6) is 0.775. The molecule has 1 amide bonds. The molecule has 2 rings (SSSR count). The molecule has 0 aliphatic heterocycles. The van der Waals surface area contributed by atoms with Crippen molar-refractivity contribution in [3.05, 3.63) is 35.7 Å². The van der Waals surface area contributed by atoms with Crippen molar-refractivity contribution in [1.29, 1.82) is 0 Å². The van der Waals surface area contributed by atoms with Crippen LogP contribution < -0.4 is 5.32 Å². The van der Waals surface area contributed by atoms with Crippen molar-refractivity contribution in [1.82, 2.24) is 20.0 Å². The molecule has 2 aromatic rings. The lowest BCUT2D eigenvalue weighted by Gasteiger charge is -2.19. The van der Waals surface area contributed by atoms with E-state index in [1.165, 1.54) is 0 Å². The van der Waals surface area contributed by atoms with Gasteiger partial charge in [-0.05, 0) is 27.7 Å². The fraction of sp³-hybridized carbons (Fsp3) is 0.533. The van der Waals surface area contributed by atoms with Crippen molar-refractivity contribution in [3.63, 3.8) is 0 Å². The van der Waals surface area contributed by atoms with Gasteiger partial charge in [-0.2, -0.15) is 0 Å². The standard InChI is InChI=1S/C15H22N4O3/c1-11-7-13(22-18-11)9-19-10-16-8-12(19)5-6-17-14(20)21-15(2,3)4/h7-8,10H,5-6,9H2,1-4H3,(H,17,20). The smallest absolute Gasteiger partial charge is 0.407 e. The van der Waals surface area contributed by atoms with Crippen LogP contribution in [0, 0.1) is 6.92 Å². The van der Waals surface area contributed by atoms with Gasteiger partial charge in [0, 0.05) is 30.9 Å². The first-order valence-electron chi connectivity index (χ1n) is 7.21. The number of hydrogen-bond acceptors (Lipinski definition) is 5. The van der Waals surface area contributed by atoms with Gasteiger partial charge in [0.1, 0.15) is 5.60 Å². The minimum absolute atomic E-state index is 0.413. The number of nitrogens with zero attached hydrogens (tertiary/aromatic N) is 3. The van der Waals surface area contributed by atoms with E-state index in [1.807, 2.05) is 38.3 Å². The molecule has 0 fully saturated rings. The second kappa shape index (κ2) is 6.64. The number of carbonyl (C=O) groups is 1. The Balaban J connectivity index is 1.84. The number of aromatic nitrogens is 3. The van der Waals surface area contributed by atoms with Crippen LogP contribution >= 0.6 is 0 Å². The summed E-state index contributed by atoms with van der Waals surface area (Å²) in [6, 6.07) is 1.89. The number of carbonyl (C=O) groups excluding carboxylic acids is 1. The van der Waals surface area contributed by atoms with Gasteiger partial charge in [0.2, 0.25) is 0 Å². The zero-order valence-corrected chi connectivity index (χ0v) is 13.4. The highest BCUT2D eigenvalue weighted by molar-refractivity contribution is 5.67. The summed E-state index contributed by atoms with van der Waals surface area (Å²) in [7, 11) is 0. The molecule has 7 heteroatoms. The van der Waals surface area contributed by atoms with Crippen molar-refractivity contribution in [2.75, 3.05) is 6.54 Å². The van der Waals surface area contributed by atoms with Gasteiger partial charge in [-0.1, -0.05) is 5.16 Å². The zero-order valence-electron chi connectivity index (χ0n) is 13.4. The van der Waals surface area contributed by atoms with Crippen LogP contribution in [-0.4, -0.2) is 32.9 Å². The zero-order chi connectivity index (χ0) is 16.2. The third-order valence-corrected chi connectivity index (χ3v) is 2.85. The Morgan fingerprint density at radius 2 is 2.23 bits per heavy atom. The molecule has 0 bridgehead atoms. The van der Waals surface area contributed by atoms with Gasteiger partial charge in [-0.25, -0.2) is 9.78 Å². The quantitative estimate of drug-likeness (QED) is 0.916. The SMILES string of the molecule is Cc1cc(Cn2cncc2CCNC(=O)OC(C)(C)C)on1. The molecule has 7 nitrogen and oxygen atoms in total. The van der Waals surface area contributed by atoms with Crippen LogP contribution in [-0.2, 0) is 17.7 Å². The predicted octanol–water partition coefficient (Wildman–Crippen LogP) is 2.30. The van der Waals surface area contributed by atoms with Gasteiger partial charge in [-0.3, -0.25) is 0 Å². The number of alkyl carbamates (subject to hydrolysis) is 1. The average Bonchev–Trinajstić information content (AvgIpc) is 2.98. The van der Waals surface area contributed by atoms with E-state index in [9.17, 15) is 4.79 Å². The summed E-state index contributed by atoms with van der Waals surface area (Å²) in [4.78, 5) is 15.7. The van der Waals surface area contributed by atoms with Gasteiger partial charge >= 0.3 is 6.09 Å². The predicted molar refractivity (Wildman–Crippen MR) is 80.5 cm³/mol. The molecular formula is C15H22N4O3. The molecule has 2 aromatic heterocycles. The molecule has 0 radical (unpaired) electrons. The number of nitrogens with one attached hydrogen (secondary N) is 1. The molecule has 0 aliphatic rings. The first-order valence-corrected chi connectivity index (χ1v) is 7.21. The van der Waals surface area contributed by atoms with E-state index in [0.717, 1.165) is 17.1 Å². The fourth-order valence-corrected chi connectivity index (χ4v) is 1.96. The Labute approximate surface area is 129 Å². The van der Waals surface area contributed by atoms with Crippen molar-refractivity contribution in [2.24, 2.45) is 0 Å². The number of hydrogen-bond donors (Lipinski definition) is 1. The van der Waals surface area contributed by atoms with Crippen LogP contribution in [0.15, 0.2) is 23.1 Å². The molecule has 120 valence electrons. The molecule has 0 atom stereocenters. The summed E-state index contributed by atoms with van der Waals surface area (Å²) in [5, 5.41) is 6.60. The van der Waals surface area contributed by atoms with E-state index in [-0.39, 0.29) is 0 Å². The van der Waals surface area contributed by atoms with Crippen molar-refractivity contribution in [2.45, 2.75) is 46.3 Å². The molecule has 0 saturated heterocycles. The largest absolute Gasteiger partial charge is 0.444 e. The molecule has 2 heterocycles. The minimum Gasteiger partial charge on any atom is -0.444 e. The molecule has 22 heavy (non-hydrogen) atoms. The highest BCUT2D eigenvalue weighted by atomic mass is 16.6. The fourth-order valence-electron chi connectivity index (χ4n) is 1.96. The lowest BCUT2D eigenvalue weighted by atomic mass is 10.2. The molecule has 1 N–H and O–H groups in total. The first-order chi connectivity index (χ1) is 10.3. The number of ether oxygens (including phenoxy) is 1. The summed E-state index contributed by atoms with van der Waals surface area (Å²) >= 11 is 0. The molecule has 0 aromatic carbocycles. The van der Waals surface area contributed by atoms with Crippen molar-refractivity contribution in [3.8, 4) is 0 Å². The normalized spacial score (nSPS) is 11.5. The van der Waals surface area contributed by atoms with Crippen LogP contribution in [0.3, 0.4) is 0 Å². The Bertz CT molecular complexity index is 625. The first kappa shape index (κ1) is 16.1. The van der Waals surface area contributed by atoms with E-state index in [0.29, 0.717) is 19.5 Å². The highest BCUT2D eigenvalue weighted by Crippen LogP contribution is 2.09. The monoisotopic (exact) mass is 306 g/mol. The summed E-state index contributed by atoms with van der Waals surface area (Å²) in [5.41, 5.74) is 1.36. The lowest BCUT2D eigenvalue weighted by molar-refractivity contribution is 0.0528. The number of imidazole rings is 1. The third kappa shape index (κ3) is 4.91. The highest BCUT2D eigenvalue weighted by Gasteiger charge is 2.15. The Hall–Kier alpha value is -2.31.